The molecule has 1 atom stereocenters. The smallest absolute Gasteiger partial charge is 0.134 e. The number of H-pyrrole nitrogens is 1. The minimum atomic E-state index is 0.353. The van der Waals surface area contributed by atoms with Gasteiger partial charge in [-0.1, -0.05) is 0 Å². The van der Waals surface area contributed by atoms with Gasteiger partial charge in [-0.2, -0.15) is 5.10 Å². The Balaban J connectivity index is 1.75. The number of piperidine rings is 1. The number of nitrogens with zero attached hydrogens (tertiary/aromatic N) is 3. The van der Waals surface area contributed by atoms with Gasteiger partial charge < -0.3 is 16.0 Å². The zero-order valence-electron chi connectivity index (χ0n) is 11.9. The first-order chi connectivity index (χ1) is 10.2. The standard InChI is InChI=1S/C13H19N7S/c1-16-12-9(5-17-19-12)11(15)20-4-2-3-8(6-20)13-18-10(14)7-21-13/h5,7-8,15H,2-4,6,14H2,1H3,(H2,16,17,19). The minimum absolute atomic E-state index is 0.353. The summed E-state index contributed by atoms with van der Waals surface area (Å²) in [6, 6.07) is 0. The molecule has 2 aromatic rings. The Bertz CT molecular complexity index is 632. The van der Waals surface area contributed by atoms with Crippen LogP contribution in [0.3, 0.4) is 0 Å². The highest BCUT2D eigenvalue weighted by molar-refractivity contribution is 7.10. The van der Waals surface area contributed by atoms with Gasteiger partial charge in [0.25, 0.3) is 0 Å². The maximum Gasteiger partial charge on any atom is 0.134 e. The number of anilines is 2. The van der Waals surface area contributed by atoms with Crippen LogP contribution in [0.25, 0.3) is 0 Å². The van der Waals surface area contributed by atoms with Crippen molar-refractivity contribution in [2.24, 2.45) is 0 Å². The Morgan fingerprint density at radius 1 is 1.62 bits per heavy atom. The number of hydrogen-bond acceptors (Lipinski definition) is 6. The zero-order valence-corrected chi connectivity index (χ0v) is 12.7. The topological polar surface area (TPSA) is 107 Å². The second-order valence-electron chi connectivity index (χ2n) is 5.15. The molecule has 1 saturated heterocycles. The van der Waals surface area contributed by atoms with Crippen LogP contribution in [-0.4, -0.2) is 46.1 Å². The Hall–Kier alpha value is -2.09. The van der Waals surface area contributed by atoms with E-state index in [2.05, 4.69) is 25.4 Å². The van der Waals surface area contributed by atoms with Crippen LogP contribution in [0.5, 0.6) is 0 Å². The van der Waals surface area contributed by atoms with E-state index in [1.807, 2.05) is 12.4 Å². The van der Waals surface area contributed by atoms with Crippen molar-refractivity contribution in [2.45, 2.75) is 18.8 Å². The fraction of sp³-hybridized carbons (Fsp3) is 0.462. The predicted octanol–water partition coefficient (Wildman–Crippen LogP) is 1.70. The van der Waals surface area contributed by atoms with E-state index in [0.29, 0.717) is 17.6 Å². The summed E-state index contributed by atoms with van der Waals surface area (Å²) in [7, 11) is 1.82. The van der Waals surface area contributed by atoms with Crippen molar-refractivity contribution in [2.75, 3.05) is 31.2 Å². The molecule has 112 valence electrons. The van der Waals surface area contributed by atoms with Gasteiger partial charge in [0.05, 0.1) is 16.8 Å². The summed E-state index contributed by atoms with van der Waals surface area (Å²) in [6.45, 7) is 1.70. The number of likely N-dealkylation sites (tertiary alicyclic amines) is 1. The van der Waals surface area contributed by atoms with E-state index in [1.165, 1.54) is 0 Å². The van der Waals surface area contributed by atoms with E-state index in [4.69, 9.17) is 11.1 Å². The van der Waals surface area contributed by atoms with Gasteiger partial charge in [-0.25, -0.2) is 4.98 Å². The van der Waals surface area contributed by atoms with Crippen LogP contribution >= 0.6 is 11.3 Å². The number of nitrogens with one attached hydrogen (secondary N) is 3. The number of thiazole rings is 1. The first-order valence-corrected chi connectivity index (χ1v) is 7.83. The molecule has 1 fully saturated rings. The van der Waals surface area contributed by atoms with Crippen molar-refractivity contribution in [1.82, 2.24) is 20.1 Å². The maximum absolute atomic E-state index is 8.43. The third-order valence-electron chi connectivity index (χ3n) is 3.77. The Labute approximate surface area is 127 Å². The van der Waals surface area contributed by atoms with Crippen molar-refractivity contribution in [1.29, 1.82) is 5.41 Å². The van der Waals surface area contributed by atoms with Gasteiger partial charge in [0.15, 0.2) is 0 Å². The fourth-order valence-electron chi connectivity index (χ4n) is 2.70. The molecule has 0 radical (unpaired) electrons. The minimum Gasteiger partial charge on any atom is -0.383 e. The van der Waals surface area contributed by atoms with E-state index >= 15 is 0 Å². The lowest BCUT2D eigenvalue weighted by atomic mass is 9.98. The van der Waals surface area contributed by atoms with Gasteiger partial charge in [-0.15, -0.1) is 11.3 Å². The molecule has 2 aromatic heterocycles. The number of hydrogen-bond donors (Lipinski definition) is 4. The van der Waals surface area contributed by atoms with Crippen molar-refractivity contribution in [3.63, 3.8) is 0 Å². The van der Waals surface area contributed by atoms with Crippen LogP contribution in [0.15, 0.2) is 11.6 Å². The van der Waals surface area contributed by atoms with Gasteiger partial charge in [0.2, 0.25) is 0 Å². The molecule has 0 aromatic carbocycles. The molecule has 0 aliphatic carbocycles. The molecule has 0 saturated carbocycles. The van der Waals surface area contributed by atoms with Gasteiger partial charge >= 0.3 is 0 Å². The first kappa shape index (κ1) is 13.9. The molecule has 0 amide bonds. The first-order valence-electron chi connectivity index (χ1n) is 6.95. The quantitative estimate of drug-likeness (QED) is 0.510. The number of nitrogens with two attached hydrogens (primary N) is 1. The van der Waals surface area contributed by atoms with Crippen LogP contribution in [0.2, 0.25) is 0 Å². The number of amidine groups is 1. The highest BCUT2D eigenvalue weighted by Crippen LogP contribution is 2.30. The molecule has 1 unspecified atom stereocenters. The Morgan fingerprint density at radius 3 is 3.19 bits per heavy atom. The Kier molecular flexibility index (Phi) is 3.78. The molecule has 21 heavy (non-hydrogen) atoms. The fourth-order valence-corrected chi connectivity index (χ4v) is 3.53. The number of aromatic amines is 1. The van der Waals surface area contributed by atoms with Gasteiger partial charge in [0, 0.05) is 31.4 Å². The van der Waals surface area contributed by atoms with E-state index in [9.17, 15) is 0 Å². The monoisotopic (exact) mass is 305 g/mol. The van der Waals surface area contributed by atoms with Crippen molar-refractivity contribution in [3.8, 4) is 0 Å². The zero-order chi connectivity index (χ0) is 14.8. The molecule has 8 heteroatoms. The lowest BCUT2D eigenvalue weighted by molar-refractivity contribution is 0.308. The summed E-state index contributed by atoms with van der Waals surface area (Å²) in [5.41, 5.74) is 6.52. The average Bonchev–Trinajstić information content (AvgIpc) is 3.15. The van der Waals surface area contributed by atoms with E-state index in [1.54, 1.807) is 17.5 Å². The molecule has 7 nitrogen and oxygen atoms in total. The molecule has 0 bridgehead atoms. The van der Waals surface area contributed by atoms with Gasteiger partial charge in [-0.05, 0) is 12.8 Å². The molecule has 3 rings (SSSR count). The summed E-state index contributed by atoms with van der Waals surface area (Å²) >= 11 is 1.61. The van der Waals surface area contributed by atoms with Crippen LogP contribution in [0.1, 0.15) is 29.3 Å². The van der Waals surface area contributed by atoms with Crippen molar-refractivity contribution in [3.05, 3.63) is 22.1 Å². The highest BCUT2D eigenvalue weighted by atomic mass is 32.1. The molecule has 5 N–H and O–H groups in total. The van der Waals surface area contributed by atoms with Crippen LogP contribution in [-0.2, 0) is 0 Å². The summed E-state index contributed by atoms with van der Waals surface area (Å²) < 4.78 is 0. The average molecular weight is 305 g/mol. The largest absolute Gasteiger partial charge is 0.383 e. The third-order valence-corrected chi connectivity index (χ3v) is 4.80. The van der Waals surface area contributed by atoms with E-state index in [0.717, 1.165) is 42.3 Å². The third kappa shape index (κ3) is 2.71. The molecule has 1 aliphatic heterocycles. The summed E-state index contributed by atoms with van der Waals surface area (Å²) in [5.74, 6) is 2.23. The number of nitrogen functional groups attached to an aromatic ring is 1. The van der Waals surface area contributed by atoms with E-state index in [-0.39, 0.29) is 0 Å². The van der Waals surface area contributed by atoms with Gasteiger partial charge in [-0.3, -0.25) is 10.5 Å². The highest BCUT2D eigenvalue weighted by Gasteiger charge is 2.26. The number of rotatable bonds is 3. The van der Waals surface area contributed by atoms with Crippen LogP contribution < -0.4 is 11.1 Å². The molecule has 0 spiro atoms. The molecule has 3 heterocycles. The van der Waals surface area contributed by atoms with Crippen LogP contribution in [0, 0.1) is 5.41 Å². The molecular formula is C13H19N7S. The second kappa shape index (κ2) is 5.72. The molecule has 1 aliphatic rings. The van der Waals surface area contributed by atoms with Crippen molar-refractivity contribution >= 4 is 28.8 Å². The lowest BCUT2D eigenvalue weighted by Gasteiger charge is -2.33. The van der Waals surface area contributed by atoms with E-state index < -0.39 is 0 Å². The Morgan fingerprint density at radius 2 is 2.48 bits per heavy atom. The summed E-state index contributed by atoms with van der Waals surface area (Å²) in [4.78, 5) is 6.49. The van der Waals surface area contributed by atoms with Crippen molar-refractivity contribution < 1.29 is 0 Å². The summed E-state index contributed by atoms with van der Waals surface area (Å²) in [6.07, 6.45) is 3.85. The molecular weight excluding hydrogens is 286 g/mol. The summed E-state index contributed by atoms with van der Waals surface area (Å²) in [5, 5.41) is 21.3. The number of aromatic nitrogens is 3. The predicted molar refractivity (Wildman–Crippen MR) is 85.0 cm³/mol. The van der Waals surface area contributed by atoms with Crippen LogP contribution in [0.4, 0.5) is 11.6 Å². The lowest BCUT2D eigenvalue weighted by Crippen LogP contribution is -2.39. The normalized spacial score (nSPS) is 18.7. The SMILES string of the molecule is CNc1[nH]ncc1C(=N)N1CCCC(c2nc(N)cs2)C1. The van der Waals surface area contributed by atoms with Gasteiger partial charge in [0.1, 0.15) is 17.5 Å². The maximum atomic E-state index is 8.43. The second-order valence-corrected chi connectivity index (χ2v) is 6.04.